The van der Waals surface area contributed by atoms with Gasteiger partial charge in [-0.15, -0.1) is 24.8 Å². The van der Waals surface area contributed by atoms with Gasteiger partial charge >= 0.3 is 0 Å². The monoisotopic (exact) mass is 382 g/mol. The maximum atomic E-state index is 12.1. The highest BCUT2D eigenvalue weighted by atomic mass is 35.5. The summed E-state index contributed by atoms with van der Waals surface area (Å²) < 4.78 is 0. The number of halogens is 2. The molecule has 1 N–H and O–H groups in total. The molecule has 2 rings (SSSR count). The number of carbonyl (C=O) groups is 2. The van der Waals surface area contributed by atoms with E-state index in [-0.39, 0.29) is 36.6 Å². The highest BCUT2D eigenvalue weighted by Gasteiger charge is 2.24. The van der Waals surface area contributed by atoms with Crippen molar-refractivity contribution >= 4 is 36.6 Å². The summed E-state index contributed by atoms with van der Waals surface area (Å²) in [4.78, 5) is 30.1. The van der Waals surface area contributed by atoms with Gasteiger partial charge in [0.2, 0.25) is 11.8 Å². The van der Waals surface area contributed by atoms with Gasteiger partial charge in [-0.05, 0) is 39.2 Å². The molecule has 0 radical (unpaired) electrons. The predicted molar refractivity (Wildman–Crippen MR) is 101 cm³/mol. The summed E-state index contributed by atoms with van der Waals surface area (Å²) in [7, 11) is 0. The van der Waals surface area contributed by atoms with Crippen LogP contribution in [-0.2, 0) is 9.59 Å². The molecule has 1 saturated heterocycles. The van der Waals surface area contributed by atoms with Crippen LogP contribution in [0.25, 0.3) is 0 Å². The van der Waals surface area contributed by atoms with E-state index in [2.05, 4.69) is 10.2 Å². The van der Waals surface area contributed by atoms with Gasteiger partial charge in [0.15, 0.2) is 0 Å². The number of nitrogens with one attached hydrogen (secondary N) is 1. The van der Waals surface area contributed by atoms with Crippen molar-refractivity contribution in [2.24, 2.45) is 5.92 Å². The summed E-state index contributed by atoms with van der Waals surface area (Å²) in [5.41, 5.74) is 0. The van der Waals surface area contributed by atoms with Gasteiger partial charge in [0.25, 0.3) is 0 Å². The third-order valence-electron chi connectivity index (χ3n) is 4.61. The molecule has 1 saturated carbocycles. The van der Waals surface area contributed by atoms with Gasteiger partial charge in [-0.25, -0.2) is 0 Å². The van der Waals surface area contributed by atoms with Crippen molar-refractivity contribution in [2.75, 3.05) is 58.9 Å². The number of carbonyl (C=O) groups excluding carboxylic acids is 2. The summed E-state index contributed by atoms with van der Waals surface area (Å²) >= 11 is 0. The molecule has 2 fully saturated rings. The molecule has 0 aromatic rings. The molecule has 0 aromatic heterocycles. The Hall–Kier alpha value is -0.560. The number of likely N-dealkylation sites (N-methyl/N-ethyl adjacent to an activating group) is 1. The largest absolute Gasteiger partial charge is 0.342 e. The number of rotatable bonds is 8. The van der Waals surface area contributed by atoms with Crippen LogP contribution in [0.1, 0.15) is 26.7 Å². The summed E-state index contributed by atoms with van der Waals surface area (Å²) in [6.45, 7) is 10.5. The van der Waals surface area contributed by atoms with Crippen LogP contribution >= 0.6 is 24.8 Å². The lowest BCUT2D eigenvalue weighted by molar-refractivity contribution is -0.134. The summed E-state index contributed by atoms with van der Waals surface area (Å²) in [5, 5.41) is 3.25. The van der Waals surface area contributed by atoms with Crippen molar-refractivity contribution in [1.29, 1.82) is 0 Å². The second-order valence-electron chi connectivity index (χ2n) is 6.30. The van der Waals surface area contributed by atoms with Gasteiger partial charge in [0.1, 0.15) is 0 Å². The standard InChI is InChI=1S/C16H30N4O2.2ClH/c1-3-19(4-2)16(22)13-18-7-9-20(10-8-18)15(21)12-17-11-14-5-6-14;;/h14,17H,3-13H2,1-2H3;2*1H. The lowest BCUT2D eigenvalue weighted by Gasteiger charge is -2.35. The normalized spacial score (nSPS) is 17.7. The summed E-state index contributed by atoms with van der Waals surface area (Å²) in [5.74, 6) is 1.18. The molecule has 0 aromatic carbocycles. The lowest BCUT2D eigenvalue weighted by Crippen LogP contribution is -2.53. The average molecular weight is 383 g/mol. The Morgan fingerprint density at radius 1 is 1.04 bits per heavy atom. The van der Waals surface area contributed by atoms with E-state index < -0.39 is 0 Å². The van der Waals surface area contributed by atoms with Crippen molar-refractivity contribution in [1.82, 2.24) is 20.0 Å². The summed E-state index contributed by atoms with van der Waals surface area (Å²) in [6.07, 6.45) is 2.61. The van der Waals surface area contributed by atoms with E-state index in [0.29, 0.717) is 13.1 Å². The first-order chi connectivity index (χ1) is 10.6. The molecular weight excluding hydrogens is 351 g/mol. The van der Waals surface area contributed by atoms with Crippen molar-refractivity contribution in [2.45, 2.75) is 26.7 Å². The molecule has 0 unspecified atom stereocenters. The number of piperazine rings is 1. The molecule has 6 nitrogen and oxygen atoms in total. The number of hydrogen-bond acceptors (Lipinski definition) is 4. The molecule has 2 amide bonds. The molecule has 1 aliphatic carbocycles. The van der Waals surface area contributed by atoms with Gasteiger partial charge in [-0.3, -0.25) is 14.5 Å². The first-order valence-corrected chi connectivity index (χ1v) is 8.62. The van der Waals surface area contributed by atoms with E-state index in [0.717, 1.165) is 51.7 Å². The Labute approximate surface area is 158 Å². The zero-order chi connectivity index (χ0) is 15.9. The maximum Gasteiger partial charge on any atom is 0.236 e. The van der Waals surface area contributed by atoms with Crippen molar-refractivity contribution in [3.8, 4) is 0 Å². The second-order valence-corrected chi connectivity index (χ2v) is 6.30. The van der Waals surface area contributed by atoms with Crippen LogP contribution in [-0.4, -0.2) is 85.4 Å². The lowest BCUT2D eigenvalue weighted by atomic mass is 10.3. The molecule has 0 atom stereocenters. The van der Waals surface area contributed by atoms with Crippen LogP contribution in [0.5, 0.6) is 0 Å². The first kappa shape index (κ1) is 23.4. The molecule has 2 aliphatic rings. The predicted octanol–water partition coefficient (Wildman–Crippen LogP) is 0.842. The van der Waals surface area contributed by atoms with Crippen LogP contribution in [0, 0.1) is 5.92 Å². The quantitative estimate of drug-likeness (QED) is 0.675. The van der Waals surface area contributed by atoms with E-state index in [4.69, 9.17) is 0 Å². The SMILES string of the molecule is CCN(CC)C(=O)CN1CCN(C(=O)CNCC2CC2)CC1.Cl.Cl. The molecule has 0 spiro atoms. The van der Waals surface area contributed by atoms with Crippen LogP contribution in [0.15, 0.2) is 0 Å². The van der Waals surface area contributed by atoms with Crippen molar-refractivity contribution in [3.63, 3.8) is 0 Å². The Bertz CT molecular complexity index is 382. The fourth-order valence-electron chi connectivity index (χ4n) is 2.84. The molecule has 1 aliphatic heterocycles. The van der Waals surface area contributed by atoms with E-state index >= 15 is 0 Å². The zero-order valence-electron chi connectivity index (χ0n) is 14.8. The third kappa shape index (κ3) is 7.55. The van der Waals surface area contributed by atoms with Crippen molar-refractivity contribution in [3.05, 3.63) is 0 Å². The number of amides is 2. The fourth-order valence-corrected chi connectivity index (χ4v) is 2.84. The Morgan fingerprint density at radius 3 is 2.12 bits per heavy atom. The number of hydrogen-bond donors (Lipinski definition) is 1. The highest BCUT2D eigenvalue weighted by Crippen LogP contribution is 2.27. The second kappa shape index (κ2) is 11.9. The van der Waals surface area contributed by atoms with Gasteiger partial charge < -0.3 is 15.1 Å². The van der Waals surface area contributed by atoms with Crippen LogP contribution < -0.4 is 5.32 Å². The molecule has 24 heavy (non-hydrogen) atoms. The number of nitrogens with zero attached hydrogens (tertiary/aromatic N) is 3. The van der Waals surface area contributed by atoms with E-state index in [1.54, 1.807) is 0 Å². The van der Waals surface area contributed by atoms with E-state index in [1.165, 1.54) is 12.8 Å². The summed E-state index contributed by atoms with van der Waals surface area (Å²) in [6, 6.07) is 0. The minimum Gasteiger partial charge on any atom is -0.342 e. The molecule has 142 valence electrons. The van der Waals surface area contributed by atoms with Crippen molar-refractivity contribution < 1.29 is 9.59 Å². The average Bonchev–Trinajstić information content (AvgIpc) is 3.33. The Balaban J connectivity index is 0.00000264. The minimum atomic E-state index is 0. The van der Waals surface area contributed by atoms with Crippen LogP contribution in [0.4, 0.5) is 0 Å². The van der Waals surface area contributed by atoms with Gasteiger partial charge in [0, 0.05) is 39.3 Å². The van der Waals surface area contributed by atoms with E-state index in [9.17, 15) is 9.59 Å². The van der Waals surface area contributed by atoms with Crippen LogP contribution in [0.2, 0.25) is 0 Å². The smallest absolute Gasteiger partial charge is 0.236 e. The molecular formula is C16H32Cl2N4O2. The maximum absolute atomic E-state index is 12.1. The first-order valence-electron chi connectivity index (χ1n) is 8.62. The Morgan fingerprint density at radius 2 is 1.62 bits per heavy atom. The zero-order valence-corrected chi connectivity index (χ0v) is 16.5. The van der Waals surface area contributed by atoms with Gasteiger partial charge in [-0.1, -0.05) is 0 Å². The van der Waals surface area contributed by atoms with Crippen LogP contribution in [0.3, 0.4) is 0 Å². The fraction of sp³-hybridized carbons (Fsp3) is 0.875. The topological polar surface area (TPSA) is 55.9 Å². The molecule has 1 heterocycles. The Kier molecular flexibility index (Phi) is 11.6. The van der Waals surface area contributed by atoms with Gasteiger partial charge in [0.05, 0.1) is 13.1 Å². The third-order valence-corrected chi connectivity index (χ3v) is 4.61. The highest BCUT2D eigenvalue weighted by molar-refractivity contribution is 5.85. The van der Waals surface area contributed by atoms with E-state index in [1.807, 2.05) is 23.6 Å². The van der Waals surface area contributed by atoms with Gasteiger partial charge in [-0.2, -0.15) is 0 Å². The molecule has 0 bridgehead atoms. The minimum absolute atomic E-state index is 0. The molecule has 8 heteroatoms.